The molecule has 12 nitrogen and oxygen atoms in total. The van der Waals surface area contributed by atoms with Gasteiger partial charge in [0, 0.05) is 91.5 Å². The summed E-state index contributed by atoms with van der Waals surface area (Å²) >= 11 is 6.27. The average Bonchev–Trinajstić information content (AvgIpc) is 3.90. The molecule has 312 valence electrons. The fourth-order valence-electron chi connectivity index (χ4n) is 11.6. The minimum atomic E-state index is -0.970. The first-order valence-electron chi connectivity index (χ1n) is 21.2. The number of imide groups is 2. The average molecular weight is 831 g/mol. The van der Waals surface area contributed by atoms with Crippen molar-refractivity contribution in [3.8, 4) is 11.8 Å². The highest BCUT2D eigenvalue weighted by Gasteiger charge is 2.63. The summed E-state index contributed by atoms with van der Waals surface area (Å²) in [5.41, 5.74) is 3.37. The van der Waals surface area contributed by atoms with Gasteiger partial charge in [0.05, 0.1) is 21.7 Å². The number of amides is 4. The molecular weight excluding hydrogens is 780 g/mol. The summed E-state index contributed by atoms with van der Waals surface area (Å²) in [5.74, 6) is -0.445. The molecule has 1 saturated carbocycles. The van der Waals surface area contributed by atoms with Crippen LogP contribution in [0.4, 0.5) is 11.4 Å². The van der Waals surface area contributed by atoms with E-state index in [1.165, 1.54) is 0 Å². The van der Waals surface area contributed by atoms with Gasteiger partial charge in [-0.15, -0.1) is 0 Å². The molecule has 1 aliphatic carbocycles. The predicted octanol–water partition coefficient (Wildman–Crippen LogP) is 6.49. The zero-order valence-electron chi connectivity index (χ0n) is 34.6. The molecule has 1 unspecified atom stereocenters. The molecule has 0 aromatic heterocycles. The molecule has 1 N–H and O–H groups in total. The molecule has 5 fully saturated rings. The molecule has 60 heavy (non-hydrogen) atoms. The number of Topliss-reactive ketones (excluding diaryl/α,β-unsaturated/α-hetero) is 1. The lowest BCUT2D eigenvalue weighted by atomic mass is 9.44. The molecule has 0 radical (unpaired) electrons. The second kappa shape index (κ2) is 15.0. The van der Waals surface area contributed by atoms with Crippen LogP contribution in [0.25, 0.3) is 0 Å². The molecule has 5 aliphatic heterocycles. The van der Waals surface area contributed by atoms with Gasteiger partial charge in [0.2, 0.25) is 11.8 Å². The number of carbonyl (C=O) groups is 5. The number of rotatable bonds is 10. The van der Waals surface area contributed by atoms with Crippen molar-refractivity contribution >= 4 is 52.4 Å². The summed E-state index contributed by atoms with van der Waals surface area (Å²) < 4.78 is 6.43. The summed E-state index contributed by atoms with van der Waals surface area (Å²) in [6, 6.07) is 20.6. The van der Waals surface area contributed by atoms with Crippen LogP contribution >= 0.6 is 11.6 Å². The summed E-state index contributed by atoms with van der Waals surface area (Å²) in [4.78, 5) is 72.9. The smallest absolute Gasteiger partial charge is 0.262 e. The van der Waals surface area contributed by atoms with E-state index in [0.717, 1.165) is 73.8 Å². The van der Waals surface area contributed by atoms with Crippen LogP contribution in [0.2, 0.25) is 5.02 Å². The van der Waals surface area contributed by atoms with Crippen molar-refractivity contribution in [3.63, 3.8) is 0 Å². The second-order valence-corrected chi connectivity index (χ2v) is 19.3. The Morgan fingerprint density at radius 2 is 1.57 bits per heavy atom. The van der Waals surface area contributed by atoms with Gasteiger partial charge in [0.15, 0.2) is 5.78 Å². The van der Waals surface area contributed by atoms with E-state index in [-0.39, 0.29) is 47.4 Å². The number of ketones is 1. The molecule has 13 heteroatoms. The lowest BCUT2D eigenvalue weighted by Gasteiger charge is -2.63. The van der Waals surface area contributed by atoms with E-state index in [1.807, 2.05) is 24.3 Å². The fourth-order valence-corrected chi connectivity index (χ4v) is 11.8. The van der Waals surface area contributed by atoms with Crippen LogP contribution in [0.1, 0.15) is 103 Å². The molecule has 0 spiro atoms. The number of carbonyl (C=O) groups excluding carboxylic acids is 5. The summed E-state index contributed by atoms with van der Waals surface area (Å²) in [5, 5.41) is 11.9. The minimum Gasteiger partial charge on any atom is -0.489 e. The second-order valence-electron chi connectivity index (χ2n) is 18.9. The third-order valence-electron chi connectivity index (χ3n) is 14.6. The third kappa shape index (κ3) is 6.84. The summed E-state index contributed by atoms with van der Waals surface area (Å²) in [6.45, 7) is 13.5. The number of hydrogen-bond acceptors (Lipinski definition) is 10. The highest BCUT2D eigenvalue weighted by Crippen LogP contribution is 2.62. The summed E-state index contributed by atoms with van der Waals surface area (Å²) in [7, 11) is 0. The predicted molar refractivity (Wildman–Crippen MR) is 226 cm³/mol. The van der Waals surface area contributed by atoms with E-state index >= 15 is 0 Å². The number of nitrogens with one attached hydrogen (secondary N) is 1. The van der Waals surface area contributed by atoms with E-state index in [4.69, 9.17) is 16.3 Å². The molecule has 5 heterocycles. The zero-order chi connectivity index (χ0) is 42.2. The zero-order valence-corrected chi connectivity index (χ0v) is 35.3. The van der Waals surface area contributed by atoms with Crippen molar-refractivity contribution in [3.05, 3.63) is 87.9 Å². The van der Waals surface area contributed by atoms with Crippen LogP contribution in [0.3, 0.4) is 0 Å². The number of hydrogen-bond donors (Lipinski definition) is 1. The quantitative estimate of drug-likeness (QED) is 0.178. The molecule has 4 saturated heterocycles. The Morgan fingerprint density at radius 3 is 2.22 bits per heavy atom. The van der Waals surface area contributed by atoms with E-state index in [2.05, 4.69) is 65.9 Å². The number of benzene rings is 3. The Bertz CT molecular complexity index is 2310. The molecule has 4 amide bonds. The molecule has 9 rings (SSSR count). The van der Waals surface area contributed by atoms with Gasteiger partial charge in [-0.05, 0) is 92.1 Å². The molecule has 3 atom stereocenters. The number of likely N-dealkylation sites (tertiary alicyclic amines) is 1. The lowest BCUT2D eigenvalue weighted by molar-refractivity contribution is -0.196. The highest BCUT2D eigenvalue weighted by molar-refractivity contribution is 6.31. The number of piperidine rings is 2. The first-order valence-corrected chi connectivity index (χ1v) is 21.6. The Morgan fingerprint density at radius 1 is 0.867 bits per heavy atom. The van der Waals surface area contributed by atoms with Gasteiger partial charge in [-0.2, -0.15) is 5.26 Å². The van der Waals surface area contributed by atoms with Gasteiger partial charge in [-0.3, -0.25) is 39.1 Å². The van der Waals surface area contributed by atoms with Gasteiger partial charge >= 0.3 is 0 Å². The molecule has 3 aromatic rings. The standard InChI is InChI=1S/C47H51ClN6O6/c1-46(2)40(47(3,4)45(46)60-34-11-7-29(23-49)37(48)21-34)22-39(55)28-5-8-30(9-6-28)51-17-15-27(16-18-51)24-52-25-33-19-32(52)26-53(33)31-10-12-35-36(20-31)44(59)54(43(35)58)38-13-14-41(56)50-42(38)57/h5-12,20-21,27,32-33,38,40,45H,13-19,22,24-26H2,1-4H3,(H,50,56,57)/t32-,33-,38?,40?,45?/m0/s1. The van der Waals surface area contributed by atoms with Crippen LogP contribution in [0.5, 0.6) is 5.75 Å². The molecule has 6 aliphatic rings. The third-order valence-corrected chi connectivity index (χ3v) is 14.9. The van der Waals surface area contributed by atoms with Gasteiger partial charge in [0.1, 0.15) is 24.0 Å². The highest BCUT2D eigenvalue weighted by atomic mass is 35.5. The van der Waals surface area contributed by atoms with E-state index < -0.39 is 23.8 Å². The SMILES string of the molecule is CC1(C)C(CC(=O)c2ccc(N3CCC(CN4C[C@@H]5C[C@H]4CN5c4ccc5c(c4)C(=O)N(C4CCC(=O)NC4=O)C5=O)CC3)cc2)C(C)(C)C1Oc1ccc(C#N)c(Cl)c1. The number of anilines is 2. The molecule has 2 bridgehead atoms. The molecule has 3 aromatic carbocycles. The largest absolute Gasteiger partial charge is 0.489 e. The number of nitriles is 1. The van der Waals surface area contributed by atoms with E-state index in [9.17, 15) is 29.2 Å². The fraction of sp³-hybridized carbons (Fsp3) is 0.489. The number of piperazine rings is 1. The lowest BCUT2D eigenvalue weighted by Crippen LogP contribution is -2.66. The van der Waals surface area contributed by atoms with E-state index in [0.29, 0.717) is 51.9 Å². The number of ether oxygens (including phenoxy) is 1. The van der Waals surface area contributed by atoms with Crippen LogP contribution in [-0.2, 0) is 9.59 Å². The van der Waals surface area contributed by atoms with Gasteiger partial charge in [0.25, 0.3) is 11.8 Å². The van der Waals surface area contributed by atoms with Crippen molar-refractivity contribution in [2.24, 2.45) is 22.7 Å². The van der Waals surface area contributed by atoms with Crippen molar-refractivity contribution in [1.29, 1.82) is 5.26 Å². The maximum absolute atomic E-state index is 13.6. The number of nitrogens with zero attached hydrogens (tertiary/aromatic N) is 5. The Labute approximate surface area is 355 Å². The van der Waals surface area contributed by atoms with Crippen molar-refractivity contribution in [2.75, 3.05) is 42.5 Å². The van der Waals surface area contributed by atoms with Gasteiger partial charge < -0.3 is 14.5 Å². The topological polar surface area (TPSA) is 143 Å². The summed E-state index contributed by atoms with van der Waals surface area (Å²) in [6.07, 6.45) is 3.83. The number of fused-ring (bicyclic) bond motifs is 3. The maximum Gasteiger partial charge on any atom is 0.262 e. The van der Waals surface area contributed by atoms with Crippen molar-refractivity contribution in [1.82, 2.24) is 15.1 Å². The van der Waals surface area contributed by atoms with Crippen molar-refractivity contribution in [2.45, 2.75) is 90.4 Å². The Hall–Kier alpha value is -5.25. The van der Waals surface area contributed by atoms with Crippen LogP contribution in [0.15, 0.2) is 60.7 Å². The maximum atomic E-state index is 13.6. The molecular formula is C47H51ClN6O6. The Kier molecular flexibility index (Phi) is 10.1. The monoisotopic (exact) mass is 830 g/mol. The van der Waals surface area contributed by atoms with Crippen LogP contribution in [-0.4, -0.2) is 96.2 Å². The Balaban J connectivity index is 0.747. The minimum absolute atomic E-state index is 0.0951. The van der Waals surface area contributed by atoms with Crippen LogP contribution < -0.4 is 19.9 Å². The first kappa shape index (κ1) is 40.2. The number of halogens is 1. The van der Waals surface area contributed by atoms with E-state index in [1.54, 1.807) is 24.3 Å². The van der Waals surface area contributed by atoms with Gasteiger partial charge in [-0.1, -0.05) is 39.3 Å². The first-order chi connectivity index (χ1) is 28.6. The van der Waals surface area contributed by atoms with Gasteiger partial charge in [-0.25, -0.2) is 0 Å². The van der Waals surface area contributed by atoms with Crippen molar-refractivity contribution < 1.29 is 28.7 Å². The normalized spacial score (nSPS) is 27.1. The van der Waals surface area contributed by atoms with Crippen LogP contribution in [0, 0.1) is 34.0 Å².